The van der Waals surface area contributed by atoms with Gasteiger partial charge in [-0.25, -0.2) is 26.3 Å². The Morgan fingerprint density at radius 1 is 0.533 bits per heavy atom. The molecular formula is C70H94Cl2N4O12S2. The molecule has 12 rings (SSSR count). The van der Waals surface area contributed by atoms with Crippen LogP contribution in [0.25, 0.3) is 0 Å². The van der Waals surface area contributed by atoms with Crippen LogP contribution in [0.1, 0.15) is 161 Å². The maximum atomic E-state index is 13.5. The lowest BCUT2D eigenvalue weighted by molar-refractivity contribution is -0.147. The monoisotopic (exact) mass is 1320 g/mol. The molecule has 2 saturated carbocycles. The number of ether oxygens (including phenoxy) is 6. The number of amides is 2. The number of anilines is 2. The van der Waals surface area contributed by atoms with E-state index in [9.17, 15) is 26.4 Å². The Morgan fingerprint density at radius 2 is 0.944 bits per heavy atom. The summed E-state index contributed by atoms with van der Waals surface area (Å²) in [5, 5.41) is 0.0276. The van der Waals surface area contributed by atoms with Crippen LogP contribution in [0.2, 0.25) is 10.0 Å². The van der Waals surface area contributed by atoms with Crippen molar-refractivity contribution in [3.8, 4) is 11.5 Å². The van der Waals surface area contributed by atoms with Gasteiger partial charge in [0, 0.05) is 86.6 Å². The smallest absolute Gasteiger partial charge is 0.264 e. The molecule has 2 fully saturated rings. The molecule has 4 bridgehead atoms. The first-order chi connectivity index (χ1) is 43.0. The van der Waals surface area contributed by atoms with Crippen LogP contribution in [-0.2, 0) is 62.7 Å². The van der Waals surface area contributed by atoms with Crippen molar-refractivity contribution in [2.45, 2.75) is 163 Å². The Hall–Kier alpha value is -4.66. The maximum absolute atomic E-state index is 13.5. The molecule has 2 N–H and O–H groups in total. The summed E-state index contributed by atoms with van der Waals surface area (Å²) in [6.45, 7) is 12.3. The Balaban J connectivity index is 0.000000185. The number of methoxy groups -OCH3 is 4. The summed E-state index contributed by atoms with van der Waals surface area (Å²) in [4.78, 5) is 31.7. The number of rotatable bonds is 6. The van der Waals surface area contributed by atoms with Crippen LogP contribution >= 0.6 is 23.2 Å². The summed E-state index contributed by atoms with van der Waals surface area (Å²) in [6, 6.07) is 23.1. The molecule has 8 aliphatic rings. The largest absolute Gasteiger partial charge is 0.490 e. The number of fused-ring (bicyclic) bond motifs is 8. The third-order valence-electron chi connectivity index (χ3n) is 22.9. The molecule has 4 heterocycles. The summed E-state index contributed by atoms with van der Waals surface area (Å²) < 4.78 is 95.8. The van der Waals surface area contributed by atoms with Crippen LogP contribution in [0.4, 0.5) is 11.4 Å². The van der Waals surface area contributed by atoms with Crippen molar-refractivity contribution < 1.29 is 54.8 Å². The molecule has 2 spiro atoms. The van der Waals surface area contributed by atoms with Gasteiger partial charge in [0.2, 0.25) is 20.0 Å². The highest BCUT2D eigenvalue weighted by atomic mass is 35.5. The highest BCUT2D eigenvalue weighted by Crippen LogP contribution is 2.53. The van der Waals surface area contributed by atoms with E-state index in [-0.39, 0.29) is 22.7 Å². The lowest BCUT2D eigenvalue weighted by Gasteiger charge is -2.51. The topological polar surface area (TPSA) is 188 Å². The summed E-state index contributed by atoms with van der Waals surface area (Å²) in [6.07, 6.45) is 14.8. The molecule has 492 valence electrons. The Morgan fingerprint density at radius 3 is 1.31 bits per heavy atom. The number of carbonyl (C=O) groups is 2. The second kappa shape index (κ2) is 27.0. The molecule has 4 aliphatic heterocycles. The SMILES string of the molecule is COC[C@@]1(OC)CCC[C@H](C)[C@@H](C)S(=O)(=O)NC(=O)c2ccc3c(c2)N(C[C@@H]2CC[C@H]21)C[C@@]1(CCCc2cc(Cl)ccc21)CO3.COC[C@]1(OC)CCC[C@H](C)[C@@H](C)S(=O)(=O)NC(=O)c2ccc3c(c2)N(C[C@@H]2CC[C@H]21)C[C@@]1(CCCc2cc(Cl)ccc21)CO3. The van der Waals surface area contributed by atoms with E-state index in [0.717, 1.165) is 137 Å². The lowest BCUT2D eigenvalue weighted by atomic mass is 9.63. The molecule has 0 radical (unpaired) electrons. The first-order valence-electron chi connectivity index (χ1n) is 32.8. The Kier molecular flexibility index (Phi) is 20.0. The van der Waals surface area contributed by atoms with Crippen molar-refractivity contribution in [1.29, 1.82) is 0 Å². The predicted octanol–water partition coefficient (Wildman–Crippen LogP) is 12.3. The number of benzene rings is 4. The normalized spacial score (nSPS) is 33.2. The number of sulfonamides is 2. The Labute approximate surface area is 544 Å². The molecule has 2 amide bonds. The molecular weight excluding hydrogens is 1220 g/mol. The number of hydrogen-bond acceptors (Lipinski definition) is 14. The van der Waals surface area contributed by atoms with E-state index in [4.69, 9.17) is 51.6 Å². The van der Waals surface area contributed by atoms with E-state index in [1.807, 2.05) is 50.2 Å². The standard InChI is InChI=1S/2C35H47ClN2O6S/c2*1-23-7-5-16-35(43-4,22-42-3)30-12-9-27(30)19-38-20-34(15-6-8-25-17-28(36)11-13-29(25)34)21-44-32-14-10-26(18-31(32)38)33(39)37-45(40,41)24(23)2/h2*10-11,13-14,17-18,23-24,27,30H,5-9,12,15-16,19-22H2,1-4H3,(H,37,39)/t23-,24+,27-,30+,34-,35+;23-,24+,27-,30+,34-,35-/m00/s1. The minimum atomic E-state index is -3.90. The number of carbonyl (C=O) groups excluding carboxylic acids is 2. The number of nitrogens with zero attached hydrogens (tertiary/aromatic N) is 2. The molecule has 0 saturated heterocycles. The third-order valence-corrected chi connectivity index (χ3v) is 27.2. The van der Waals surface area contributed by atoms with Gasteiger partial charge in [-0.05, 0) is 222 Å². The predicted molar refractivity (Wildman–Crippen MR) is 354 cm³/mol. The van der Waals surface area contributed by atoms with Crippen molar-refractivity contribution in [3.05, 3.63) is 116 Å². The molecule has 12 atom stereocenters. The van der Waals surface area contributed by atoms with Crippen LogP contribution in [0.3, 0.4) is 0 Å². The highest BCUT2D eigenvalue weighted by Gasteiger charge is 2.52. The summed E-state index contributed by atoms with van der Waals surface area (Å²) in [5.41, 5.74) is 5.95. The van der Waals surface area contributed by atoms with Crippen LogP contribution in [-0.4, -0.2) is 131 Å². The zero-order valence-electron chi connectivity index (χ0n) is 53.9. The number of aryl methyl sites for hydroxylation is 2. The van der Waals surface area contributed by atoms with E-state index >= 15 is 0 Å². The van der Waals surface area contributed by atoms with Crippen molar-refractivity contribution >= 4 is 66.4 Å². The quantitative estimate of drug-likeness (QED) is 0.185. The number of hydrogen-bond donors (Lipinski definition) is 2. The molecule has 4 aliphatic carbocycles. The maximum Gasteiger partial charge on any atom is 0.264 e. The van der Waals surface area contributed by atoms with E-state index < -0.39 is 53.6 Å². The van der Waals surface area contributed by atoms with E-state index in [2.05, 4.69) is 43.5 Å². The molecule has 90 heavy (non-hydrogen) atoms. The van der Waals surface area contributed by atoms with Crippen LogP contribution < -0.4 is 28.7 Å². The van der Waals surface area contributed by atoms with Crippen LogP contribution in [0.15, 0.2) is 72.8 Å². The summed E-state index contributed by atoms with van der Waals surface area (Å²) in [5.74, 6) is 1.22. The number of halogens is 2. The second-order valence-electron chi connectivity index (χ2n) is 28.0. The van der Waals surface area contributed by atoms with Gasteiger partial charge in [0.1, 0.15) is 11.5 Å². The van der Waals surface area contributed by atoms with Gasteiger partial charge in [0.25, 0.3) is 11.8 Å². The number of nitrogens with one attached hydrogen (secondary N) is 2. The summed E-state index contributed by atoms with van der Waals surface area (Å²) in [7, 11) is -0.760. The fraction of sp³-hybridized carbons (Fsp3) is 0.629. The van der Waals surface area contributed by atoms with Crippen molar-refractivity contribution in [2.24, 2.45) is 35.5 Å². The fourth-order valence-corrected chi connectivity index (χ4v) is 20.0. The highest BCUT2D eigenvalue weighted by molar-refractivity contribution is 7.91. The van der Waals surface area contributed by atoms with E-state index in [0.29, 0.717) is 85.6 Å². The van der Waals surface area contributed by atoms with Crippen molar-refractivity contribution in [3.63, 3.8) is 0 Å². The average molecular weight is 1320 g/mol. The molecule has 0 unspecified atom stereocenters. The minimum Gasteiger partial charge on any atom is -0.490 e. The van der Waals surface area contributed by atoms with Gasteiger partial charge in [0.15, 0.2) is 0 Å². The zero-order valence-corrected chi connectivity index (χ0v) is 57.0. The third kappa shape index (κ3) is 13.1. The Bertz CT molecular complexity index is 3290. The van der Waals surface area contributed by atoms with Gasteiger partial charge >= 0.3 is 0 Å². The molecule has 16 nitrogen and oxygen atoms in total. The van der Waals surface area contributed by atoms with E-state index in [1.165, 1.54) is 22.3 Å². The van der Waals surface area contributed by atoms with Gasteiger partial charge in [-0.2, -0.15) is 0 Å². The van der Waals surface area contributed by atoms with Crippen LogP contribution in [0.5, 0.6) is 11.5 Å². The second-order valence-corrected chi connectivity index (χ2v) is 32.9. The molecule has 4 aromatic carbocycles. The van der Waals surface area contributed by atoms with Gasteiger partial charge in [-0.1, -0.05) is 62.0 Å². The van der Waals surface area contributed by atoms with Gasteiger partial charge in [-0.15, -0.1) is 0 Å². The van der Waals surface area contributed by atoms with Crippen molar-refractivity contribution in [1.82, 2.24) is 9.44 Å². The summed E-state index contributed by atoms with van der Waals surface area (Å²) >= 11 is 12.9. The van der Waals surface area contributed by atoms with Gasteiger partial charge in [-0.3, -0.25) is 9.59 Å². The van der Waals surface area contributed by atoms with Crippen molar-refractivity contribution in [2.75, 3.05) is 90.8 Å². The van der Waals surface area contributed by atoms with Crippen LogP contribution in [0, 0.1) is 35.5 Å². The fourth-order valence-electron chi connectivity index (χ4n) is 17.0. The molecule has 20 heteroatoms. The average Bonchev–Trinajstić information content (AvgIpc) is 1.41. The first-order valence-corrected chi connectivity index (χ1v) is 36.7. The molecule has 4 aromatic rings. The van der Waals surface area contributed by atoms with Gasteiger partial charge in [0.05, 0.1) is 59.5 Å². The van der Waals surface area contributed by atoms with Gasteiger partial charge < -0.3 is 38.2 Å². The van der Waals surface area contributed by atoms with E-state index in [1.54, 1.807) is 54.4 Å². The molecule has 0 aromatic heterocycles. The lowest BCUT2D eigenvalue weighted by Crippen LogP contribution is -2.55. The first kappa shape index (κ1) is 66.8. The zero-order chi connectivity index (χ0) is 64.0. The minimum absolute atomic E-state index is 0.141.